The van der Waals surface area contributed by atoms with Crippen molar-refractivity contribution in [1.29, 1.82) is 0 Å². The Hall–Kier alpha value is -2.73. The second-order valence-electron chi connectivity index (χ2n) is 5.58. The number of primary sulfonamides is 1. The summed E-state index contributed by atoms with van der Waals surface area (Å²) in [6.45, 7) is -0.719. The standard InChI is InChI=1S/C16H13Cl2N3O7S/c17-11-6-10(29(19,26)27)7-12(18)16(11)20-14(22)8-28-15(23)5-9-3-1-2-4-13(9)21(24)25/h1-4,6-7H,5,8H2,(H,20,22)(H2,19,26,27). The lowest BCUT2D eigenvalue weighted by Crippen LogP contribution is -2.22. The minimum absolute atomic E-state index is 0.0968. The summed E-state index contributed by atoms with van der Waals surface area (Å²) in [5, 5.41) is 17.8. The number of ether oxygens (including phenoxy) is 1. The fraction of sp³-hybridized carbons (Fsp3) is 0.125. The molecule has 0 atom stereocenters. The summed E-state index contributed by atoms with van der Waals surface area (Å²) in [5.41, 5.74) is -0.213. The lowest BCUT2D eigenvalue weighted by Gasteiger charge is -2.11. The van der Waals surface area contributed by atoms with Crippen molar-refractivity contribution in [3.05, 3.63) is 62.1 Å². The van der Waals surface area contributed by atoms with Gasteiger partial charge in [-0.3, -0.25) is 19.7 Å². The SMILES string of the molecule is NS(=O)(=O)c1cc(Cl)c(NC(=O)COC(=O)Cc2ccccc2[N+](=O)[O-])c(Cl)c1. The minimum Gasteiger partial charge on any atom is -0.455 e. The first-order valence-corrected chi connectivity index (χ1v) is 9.99. The van der Waals surface area contributed by atoms with E-state index in [2.05, 4.69) is 5.32 Å². The van der Waals surface area contributed by atoms with Crippen molar-refractivity contribution in [2.24, 2.45) is 5.14 Å². The topological polar surface area (TPSA) is 159 Å². The number of hydrogen-bond donors (Lipinski definition) is 2. The second kappa shape index (κ2) is 9.18. The van der Waals surface area contributed by atoms with Gasteiger partial charge < -0.3 is 10.1 Å². The van der Waals surface area contributed by atoms with Gasteiger partial charge in [0.05, 0.1) is 32.0 Å². The Balaban J connectivity index is 2.00. The molecule has 0 saturated carbocycles. The van der Waals surface area contributed by atoms with Crippen molar-refractivity contribution in [3.8, 4) is 0 Å². The third-order valence-electron chi connectivity index (χ3n) is 3.50. The van der Waals surface area contributed by atoms with E-state index in [1.165, 1.54) is 24.3 Å². The van der Waals surface area contributed by atoms with Crippen LogP contribution in [0.4, 0.5) is 11.4 Å². The molecule has 0 radical (unpaired) electrons. The monoisotopic (exact) mass is 461 g/mol. The first-order valence-electron chi connectivity index (χ1n) is 7.68. The van der Waals surface area contributed by atoms with Gasteiger partial charge >= 0.3 is 5.97 Å². The number of hydrogen-bond acceptors (Lipinski definition) is 7. The number of esters is 1. The molecule has 1 amide bonds. The predicted octanol–water partition coefficient (Wildman–Crippen LogP) is 2.27. The van der Waals surface area contributed by atoms with Gasteiger partial charge in [0.25, 0.3) is 11.6 Å². The molecule has 29 heavy (non-hydrogen) atoms. The molecule has 2 aromatic rings. The summed E-state index contributed by atoms with van der Waals surface area (Å²) in [6.07, 6.45) is -0.408. The van der Waals surface area contributed by atoms with Gasteiger partial charge in [0.15, 0.2) is 6.61 Å². The maximum atomic E-state index is 12.0. The van der Waals surface area contributed by atoms with E-state index in [0.29, 0.717) is 0 Å². The minimum atomic E-state index is -4.05. The molecule has 0 fully saturated rings. The van der Waals surface area contributed by atoms with E-state index in [0.717, 1.165) is 12.1 Å². The second-order valence-corrected chi connectivity index (χ2v) is 7.95. The highest BCUT2D eigenvalue weighted by atomic mass is 35.5. The molecular weight excluding hydrogens is 449 g/mol. The molecule has 0 heterocycles. The molecule has 0 aliphatic heterocycles. The van der Waals surface area contributed by atoms with Gasteiger partial charge in [0.1, 0.15) is 0 Å². The van der Waals surface area contributed by atoms with Crippen molar-refractivity contribution in [3.63, 3.8) is 0 Å². The van der Waals surface area contributed by atoms with Crippen LogP contribution in [-0.4, -0.2) is 31.8 Å². The molecule has 0 aliphatic carbocycles. The van der Waals surface area contributed by atoms with Gasteiger partial charge in [-0.1, -0.05) is 41.4 Å². The zero-order valence-electron chi connectivity index (χ0n) is 14.4. The van der Waals surface area contributed by atoms with E-state index >= 15 is 0 Å². The number of nitrogens with zero attached hydrogens (tertiary/aromatic N) is 1. The zero-order chi connectivity index (χ0) is 21.8. The quantitative estimate of drug-likeness (QED) is 0.363. The predicted molar refractivity (Wildman–Crippen MR) is 104 cm³/mol. The Bertz CT molecular complexity index is 1070. The van der Waals surface area contributed by atoms with E-state index in [-0.39, 0.29) is 31.9 Å². The molecule has 154 valence electrons. The lowest BCUT2D eigenvalue weighted by molar-refractivity contribution is -0.385. The highest BCUT2D eigenvalue weighted by Gasteiger charge is 2.19. The summed E-state index contributed by atoms with van der Waals surface area (Å²) in [6, 6.07) is 7.61. The Labute approximate surface area is 174 Å². The van der Waals surface area contributed by atoms with E-state index in [1.807, 2.05) is 0 Å². The van der Waals surface area contributed by atoms with E-state index in [1.54, 1.807) is 0 Å². The van der Waals surface area contributed by atoms with Crippen LogP contribution in [0.15, 0.2) is 41.3 Å². The smallest absolute Gasteiger partial charge is 0.311 e. The number of amides is 1. The van der Waals surface area contributed by atoms with E-state index in [9.17, 15) is 28.1 Å². The van der Waals surface area contributed by atoms with Crippen LogP contribution in [0.1, 0.15) is 5.56 Å². The van der Waals surface area contributed by atoms with Crippen molar-refractivity contribution in [2.75, 3.05) is 11.9 Å². The summed E-state index contributed by atoms with van der Waals surface area (Å²) in [7, 11) is -4.05. The molecular formula is C16H13Cl2N3O7S. The number of halogens is 2. The van der Waals surface area contributed by atoms with Crippen molar-refractivity contribution < 1.29 is 27.7 Å². The van der Waals surface area contributed by atoms with E-state index < -0.39 is 39.9 Å². The summed E-state index contributed by atoms with van der Waals surface area (Å²) >= 11 is 11.8. The molecule has 0 saturated heterocycles. The number of sulfonamides is 1. The van der Waals surface area contributed by atoms with Crippen LogP contribution in [0.3, 0.4) is 0 Å². The molecule has 10 nitrogen and oxygen atoms in total. The van der Waals surface area contributed by atoms with Crippen LogP contribution in [0, 0.1) is 10.1 Å². The molecule has 2 aromatic carbocycles. The first-order chi connectivity index (χ1) is 13.5. The third-order valence-corrected chi connectivity index (χ3v) is 4.98. The van der Waals surface area contributed by atoms with Crippen molar-refractivity contribution in [2.45, 2.75) is 11.3 Å². The maximum absolute atomic E-state index is 12.0. The molecule has 0 unspecified atom stereocenters. The Morgan fingerprint density at radius 2 is 1.76 bits per heavy atom. The van der Waals surface area contributed by atoms with Gasteiger partial charge in [-0.2, -0.15) is 0 Å². The van der Waals surface area contributed by atoms with Crippen LogP contribution >= 0.6 is 23.2 Å². The summed E-state index contributed by atoms with van der Waals surface area (Å²) < 4.78 is 27.5. The van der Waals surface area contributed by atoms with Crippen LogP contribution in [-0.2, 0) is 30.8 Å². The van der Waals surface area contributed by atoms with Crippen LogP contribution in [0.2, 0.25) is 10.0 Å². The average molecular weight is 462 g/mol. The average Bonchev–Trinajstić information content (AvgIpc) is 2.62. The number of nitro benzene ring substituents is 1. The molecule has 0 aromatic heterocycles. The molecule has 0 bridgehead atoms. The molecule has 2 rings (SSSR count). The molecule has 0 aliphatic rings. The number of nitro groups is 1. The van der Waals surface area contributed by atoms with Gasteiger partial charge in [-0.15, -0.1) is 0 Å². The summed E-state index contributed by atoms with van der Waals surface area (Å²) in [5.74, 6) is -1.68. The Kier molecular flexibility index (Phi) is 7.14. The van der Waals surface area contributed by atoms with Crippen molar-refractivity contribution in [1.82, 2.24) is 0 Å². The number of nitrogens with one attached hydrogen (secondary N) is 1. The molecule has 13 heteroatoms. The number of rotatable bonds is 7. The number of carbonyl (C=O) groups is 2. The van der Waals surface area contributed by atoms with Gasteiger partial charge in [0, 0.05) is 11.6 Å². The van der Waals surface area contributed by atoms with Crippen LogP contribution in [0.5, 0.6) is 0 Å². The highest BCUT2D eigenvalue weighted by molar-refractivity contribution is 7.89. The van der Waals surface area contributed by atoms with Crippen LogP contribution in [0.25, 0.3) is 0 Å². The van der Waals surface area contributed by atoms with Gasteiger partial charge in [0.2, 0.25) is 10.0 Å². The third kappa shape index (κ3) is 6.12. The first kappa shape index (κ1) is 22.6. The molecule has 3 N–H and O–H groups in total. The van der Waals surface area contributed by atoms with Gasteiger partial charge in [-0.05, 0) is 12.1 Å². The number of anilines is 1. The Morgan fingerprint density at radius 1 is 1.17 bits per heavy atom. The molecule has 0 spiro atoms. The largest absolute Gasteiger partial charge is 0.455 e. The zero-order valence-corrected chi connectivity index (χ0v) is 16.8. The fourth-order valence-corrected chi connectivity index (χ4v) is 3.48. The highest BCUT2D eigenvalue weighted by Crippen LogP contribution is 2.33. The number of para-hydroxylation sites is 1. The normalized spacial score (nSPS) is 11.0. The maximum Gasteiger partial charge on any atom is 0.311 e. The fourth-order valence-electron chi connectivity index (χ4n) is 2.20. The number of carbonyl (C=O) groups excluding carboxylic acids is 2. The van der Waals surface area contributed by atoms with Gasteiger partial charge in [-0.25, -0.2) is 13.6 Å². The van der Waals surface area contributed by atoms with Crippen molar-refractivity contribution >= 4 is 56.5 Å². The van der Waals surface area contributed by atoms with Crippen LogP contribution < -0.4 is 10.5 Å². The summed E-state index contributed by atoms with van der Waals surface area (Å²) in [4.78, 5) is 33.8. The number of benzene rings is 2. The number of nitrogens with two attached hydrogens (primary N) is 1. The Morgan fingerprint density at radius 3 is 2.31 bits per heavy atom. The van der Waals surface area contributed by atoms with E-state index in [4.69, 9.17) is 33.1 Å². The lowest BCUT2D eigenvalue weighted by atomic mass is 10.1.